The monoisotopic (exact) mass is 448 g/mol. The predicted octanol–water partition coefficient (Wildman–Crippen LogP) is 2.58. The number of rotatable bonds is 3. The number of halogens is 1. The highest BCUT2D eigenvalue weighted by Crippen LogP contribution is 2.24. The maximum atomic E-state index is 12.5. The number of amides is 1. The Morgan fingerprint density at radius 2 is 1.96 bits per heavy atom. The first-order chi connectivity index (χ1) is 12.2. The van der Waals surface area contributed by atoms with Crippen LogP contribution in [0.5, 0.6) is 0 Å². The Kier molecular flexibility index (Phi) is 4.51. The number of aromatic nitrogens is 4. The summed E-state index contributed by atoms with van der Waals surface area (Å²) < 4.78 is 2.73. The lowest BCUT2D eigenvalue weighted by Crippen LogP contribution is -2.38. The van der Waals surface area contributed by atoms with Crippen LogP contribution < -0.4 is 10.2 Å². The molecule has 1 aromatic carbocycles. The van der Waals surface area contributed by atoms with E-state index in [1.807, 2.05) is 36.4 Å². The predicted molar refractivity (Wildman–Crippen MR) is 104 cm³/mol. The van der Waals surface area contributed by atoms with Crippen molar-refractivity contribution in [3.8, 4) is 0 Å². The van der Waals surface area contributed by atoms with E-state index in [1.54, 1.807) is 10.8 Å². The van der Waals surface area contributed by atoms with Gasteiger partial charge in [-0.15, -0.1) is 15.3 Å². The fraction of sp³-hybridized carbons (Fsp3) is 0.294. The molecule has 0 saturated carbocycles. The van der Waals surface area contributed by atoms with E-state index in [0.717, 1.165) is 46.7 Å². The molecule has 8 heteroatoms. The van der Waals surface area contributed by atoms with Crippen molar-refractivity contribution >= 4 is 45.7 Å². The molecule has 0 unspecified atom stereocenters. The molecule has 2 aromatic heterocycles. The summed E-state index contributed by atoms with van der Waals surface area (Å²) in [5, 5.41) is 15.4. The van der Waals surface area contributed by atoms with Crippen LogP contribution >= 0.6 is 22.6 Å². The first kappa shape index (κ1) is 16.2. The van der Waals surface area contributed by atoms with E-state index >= 15 is 0 Å². The SMILES string of the molecule is O=C(Nc1ccccc1I)C1CCN(c2ccc3nncn3n2)CC1. The lowest BCUT2D eigenvalue weighted by atomic mass is 9.96. The van der Waals surface area contributed by atoms with E-state index in [1.165, 1.54) is 0 Å². The topological polar surface area (TPSA) is 75.4 Å². The molecule has 0 radical (unpaired) electrons. The lowest BCUT2D eigenvalue weighted by Gasteiger charge is -2.32. The molecule has 1 fully saturated rings. The summed E-state index contributed by atoms with van der Waals surface area (Å²) in [7, 11) is 0. The van der Waals surface area contributed by atoms with E-state index in [0.29, 0.717) is 0 Å². The number of fused-ring (bicyclic) bond motifs is 1. The number of para-hydroxylation sites is 1. The first-order valence-corrected chi connectivity index (χ1v) is 9.26. The Balaban J connectivity index is 1.39. The van der Waals surface area contributed by atoms with E-state index in [2.05, 4.69) is 48.1 Å². The van der Waals surface area contributed by atoms with Gasteiger partial charge in [0.05, 0.1) is 5.69 Å². The summed E-state index contributed by atoms with van der Waals surface area (Å²) in [5.41, 5.74) is 1.62. The minimum absolute atomic E-state index is 0.0332. The second kappa shape index (κ2) is 6.95. The molecule has 3 heterocycles. The van der Waals surface area contributed by atoms with Crippen LogP contribution in [0, 0.1) is 9.49 Å². The van der Waals surface area contributed by atoms with Crippen LogP contribution in [0.3, 0.4) is 0 Å². The van der Waals surface area contributed by atoms with Crippen LogP contribution in [-0.4, -0.2) is 38.8 Å². The summed E-state index contributed by atoms with van der Waals surface area (Å²) >= 11 is 2.24. The summed E-state index contributed by atoms with van der Waals surface area (Å²) in [5.74, 6) is 1.03. The molecule has 1 N–H and O–H groups in total. The number of carbonyl (C=O) groups is 1. The Hall–Kier alpha value is -2.23. The lowest BCUT2D eigenvalue weighted by molar-refractivity contribution is -0.120. The highest BCUT2D eigenvalue weighted by atomic mass is 127. The number of carbonyl (C=O) groups excluding carboxylic acids is 1. The van der Waals surface area contributed by atoms with Crippen LogP contribution in [0.15, 0.2) is 42.7 Å². The highest BCUT2D eigenvalue weighted by molar-refractivity contribution is 14.1. The van der Waals surface area contributed by atoms with E-state index in [9.17, 15) is 4.79 Å². The molecule has 1 aliphatic heterocycles. The average Bonchev–Trinajstić information content (AvgIpc) is 3.11. The number of hydrogen-bond donors (Lipinski definition) is 1. The van der Waals surface area contributed by atoms with Crippen molar-refractivity contribution in [1.82, 2.24) is 19.8 Å². The molecule has 0 spiro atoms. The van der Waals surface area contributed by atoms with Crippen molar-refractivity contribution < 1.29 is 4.79 Å². The first-order valence-electron chi connectivity index (χ1n) is 8.18. The quantitative estimate of drug-likeness (QED) is 0.624. The van der Waals surface area contributed by atoms with Gasteiger partial charge in [-0.25, -0.2) is 0 Å². The van der Waals surface area contributed by atoms with Crippen molar-refractivity contribution in [3.63, 3.8) is 0 Å². The molecule has 0 bridgehead atoms. The van der Waals surface area contributed by atoms with Crippen LogP contribution in [-0.2, 0) is 4.79 Å². The van der Waals surface area contributed by atoms with Crippen LogP contribution in [0.4, 0.5) is 11.5 Å². The van der Waals surface area contributed by atoms with Gasteiger partial charge in [0.15, 0.2) is 5.65 Å². The minimum atomic E-state index is 0.0332. The van der Waals surface area contributed by atoms with Crippen LogP contribution in [0.2, 0.25) is 0 Å². The molecule has 7 nitrogen and oxygen atoms in total. The molecule has 25 heavy (non-hydrogen) atoms. The molecule has 0 atom stereocenters. The zero-order valence-electron chi connectivity index (χ0n) is 13.5. The summed E-state index contributed by atoms with van der Waals surface area (Å²) in [4.78, 5) is 14.7. The third-order valence-corrected chi connectivity index (χ3v) is 5.41. The number of benzene rings is 1. The van der Waals surface area contributed by atoms with Gasteiger partial charge in [0.2, 0.25) is 5.91 Å². The zero-order chi connectivity index (χ0) is 17.2. The standard InChI is InChI=1S/C17H17IN6O/c18-13-3-1-2-4-14(13)20-17(25)12-7-9-23(10-8-12)16-6-5-15-21-19-11-24(15)22-16/h1-6,11-12H,7-10H2,(H,20,25). The van der Waals surface area contributed by atoms with E-state index in [-0.39, 0.29) is 11.8 Å². The zero-order valence-corrected chi connectivity index (χ0v) is 15.6. The smallest absolute Gasteiger partial charge is 0.227 e. The molecule has 0 aliphatic carbocycles. The number of nitrogens with one attached hydrogen (secondary N) is 1. The van der Waals surface area contributed by atoms with Crippen molar-refractivity contribution in [2.45, 2.75) is 12.8 Å². The van der Waals surface area contributed by atoms with Gasteiger partial charge in [-0.1, -0.05) is 12.1 Å². The minimum Gasteiger partial charge on any atom is -0.355 e. The maximum Gasteiger partial charge on any atom is 0.227 e. The summed E-state index contributed by atoms with van der Waals surface area (Å²) in [6.45, 7) is 1.62. The fourth-order valence-corrected chi connectivity index (χ4v) is 3.58. The summed E-state index contributed by atoms with van der Waals surface area (Å²) in [6, 6.07) is 11.7. The van der Waals surface area contributed by atoms with E-state index < -0.39 is 0 Å². The maximum absolute atomic E-state index is 12.5. The molecule has 3 aromatic rings. The second-order valence-electron chi connectivity index (χ2n) is 6.06. The fourth-order valence-electron chi connectivity index (χ4n) is 3.06. The Labute approximate surface area is 158 Å². The molecule has 1 aliphatic rings. The van der Waals surface area contributed by atoms with Crippen LogP contribution in [0.25, 0.3) is 5.65 Å². The van der Waals surface area contributed by atoms with Crippen LogP contribution in [0.1, 0.15) is 12.8 Å². The number of nitrogens with zero attached hydrogens (tertiary/aromatic N) is 5. The van der Waals surface area contributed by atoms with Gasteiger partial charge in [0, 0.05) is 22.6 Å². The molecular weight excluding hydrogens is 431 g/mol. The van der Waals surface area contributed by atoms with Crippen molar-refractivity contribution in [2.24, 2.45) is 5.92 Å². The van der Waals surface area contributed by atoms with Gasteiger partial charge >= 0.3 is 0 Å². The molecule has 4 rings (SSSR count). The second-order valence-corrected chi connectivity index (χ2v) is 7.22. The average molecular weight is 448 g/mol. The number of piperidine rings is 1. The van der Waals surface area contributed by atoms with Gasteiger partial charge in [0.1, 0.15) is 12.1 Å². The van der Waals surface area contributed by atoms with E-state index in [4.69, 9.17) is 0 Å². The number of hydrogen-bond acceptors (Lipinski definition) is 5. The highest BCUT2D eigenvalue weighted by Gasteiger charge is 2.26. The third kappa shape index (κ3) is 3.44. The van der Waals surface area contributed by atoms with Crippen molar-refractivity contribution in [1.29, 1.82) is 0 Å². The Bertz CT molecular complexity index is 903. The third-order valence-electron chi connectivity index (χ3n) is 4.47. The van der Waals surface area contributed by atoms with Crippen molar-refractivity contribution in [3.05, 3.63) is 46.3 Å². The van der Waals surface area contributed by atoms with Crippen molar-refractivity contribution in [2.75, 3.05) is 23.3 Å². The molecule has 1 amide bonds. The van der Waals surface area contributed by atoms with Gasteiger partial charge in [-0.3, -0.25) is 4.79 Å². The Morgan fingerprint density at radius 3 is 2.76 bits per heavy atom. The van der Waals surface area contributed by atoms with Gasteiger partial charge in [-0.05, 0) is 59.7 Å². The Morgan fingerprint density at radius 1 is 1.16 bits per heavy atom. The van der Waals surface area contributed by atoms with Gasteiger partial charge < -0.3 is 10.2 Å². The molecule has 128 valence electrons. The molecular formula is C17H17IN6O. The summed E-state index contributed by atoms with van der Waals surface area (Å²) in [6.07, 6.45) is 3.23. The van der Waals surface area contributed by atoms with Gasteiger partial charge in [0.25, 0.3) is 0 Å². The largest absolute Gasteiger partial charge is 0.355 e. The molecule has 1 saturated heterocycles. The number of anilines is 2. The normalized spacial score (nSPS) is 15.5. The van der Waals surface area contributed by atoms with Gasteiger partial charge in [-0.2, -0.15) is 4.52 Å².